The average Bonchev–Trinajstić information content (AvgIpc) is 2.89. The van der Waals surface area contributed by atoms with Crippen molar-refractivity contribution in [2.24, 2.45) is 17.8 Å². The summed E-state index contributed by atoms with van der Waals surface area (Å²) in [5.74, 6) is -4.94. The minimum absolute atomic E-state index is 0.153. The third kappa shape index (κ3) is 8.28. The monoisotopic (exact) mass is 592 g/mol. The minimum atomic E-state index is -5.20. The SMILES string of the molecule is CCCCCC1CCC(C2CCC(c3cc(F)c(C(F)(F)Oc4ccc(OC(F)(F)F)c(F)c4)c(F)c3)CC2)CC1. The molecule has 2 fully saturated rings. The van der Waals surface area contributed by atoms with Gasteiger partial charge in [0.15, 0.2) is 11.6 Å². The first-order valence-corrected chi connectivity index (χ1v) is 14.5. The summed E-state index contributed by atoms with van der Waals surface area (Å²) in [6, 6.07) is 3.02. The molecule has 4 rings (SSSR count). The van der Waals surface area contributed by atoms with Crippen molar-refractivity contribution >= 4 is 0 Å². The molecule has 0 spiro atoms. The van der Waals surface area contributed by atoms with Gasteiger partial charge < -0.3 is 9.47 Å². The molecule has 0 aliphatic heterocycles. The summed E-state index contributed by atoms with van der Waals surface area (Å²) in [7, 11) is 0. The van der Waals surface area contributed by atoms with E-state index in [9.17, 15) is 35.1 Å². The summed E-state index contributed by atoms with van der Waals surface area (Å²) in [6.07, 6.45) is 3.64. The fourth-order valence-corrected chi connectivity index (χ4v) is 6.61. The highest BCUT2D eigenvalue weighted by atomic mass is 19.4. The Balaban J connectivity index is 1.35. The van der Waals surface area contributed by atoms with Crippen molar-refractivity contribution in [3.8, 4) is 11.5 Å². The maximum atomic E-state index is 14.9. The third-order valence-corrected chi connectivity index (χ3v) is 8.75. The van der Waals surface area contributed by atoms with Crippen LogP contribution in [0.1, 0.15) is 101 Å². The van der Waals surface area contributed by atoms with Crippen LogP contribution in [0, 0.1) is 35.2 Å². The molecule has 2 aromatic carbocycles. The molecule has 0 heterocycles. The number of ether oxygens (including phenoxy) is 2. The molecule has 10 heteroatoms. The second-order valence-electron chi connectivity index (χ2n) is 11.5. The zero-order valence-electron chi connectivity index (χ0n) is 23.0. The maximum Gasteiger partial charge on any atom is 0.573 e. The number of halogens is 8. The van der Waals surface area contributed by atoms with Crippen molar-refractivity contribution < 1.29 is 44.6 Å². The first-order valence-electron chi connectivity index (χ1n) is 14.5. The van der Waals surface area contributed by atoms with Gasteiger partial charge in [0.2, 0.25) is 0 Å². The molecular weight excluding hydrogens is 556 g/mol. The summed E-state index contributed by atoms with van der Waals surface area (Å²) in [5.41, 5.74) is -1.35. The van der Waals surface area contributed by atoms with Crippen molar-refractivity contribution in [3.63, 3.8) is 0 Å². The fraction of sp³-hybridized carbons (Fsp3) is 0.613. The van der Waals surface area contributed by atoms with Crippen molar-refractivity contribution in [1.82, 2.24) is 0 Å². The van der Waals surface area contributed by atoms with Gasteiger partial charge in [-0.05, 0) is 92.0 Å². The van der Waals surface area contributed by atoms with Crippen LogP contribution in [0.4, 0.5) is 35.1 Å². The quantitative estimate of drug-likeness (QED) is 0.202. The zero-order chi connectivity index (χ0) is 29.8. The highest BCUT2D eigenvalue weighted by molar-refractivity contribution is 5.35. The maximum absolute atomic E-state index is 14.9. The molecule has 2 aliphatic carbocycles. The summed E-state index contributed by atoms with van der Waals surface area (Å²) < 4.78 is 118. The summed E-state index contributed by atoms with van der Waals surface area (Å²) in [5, 5.41) is 0. The smallest absolute Gasteiger partial charge is 0.429 e. The molecule has 0 atom stereocenters. The first kappa shape index (κ1) is 31.4. The summed E-state index contributed by atoms with van der Waals surface area (Å²) in [6.45, 7) is 2.21. The number of benzene rings is 2. The van der Waals surface area contributed by atoms with E-state index in [1.54, 1.807) is 0 Å². The van der Waals surface area contributed by atoms with Gasteiger partial charge in [-0.1, -0.05) is 45.4 Å². The number of hydrogen-bond acceptors (Lipinski definition) is 2. The molecule has 2 aliphatic rings. The molecule has 0 aromatic heterocycles. The Morgan fingerprint density at radius 3 is 1.83 bits per heavy atom. The summed E-state index contributed by atoms with van der Waals surface area (Å²) in [4.78, 5) is 0. The zero-order valence-corrected chi connectivity index (χ0v) is 23.0. The van der Waals surface area contributed by atoms with Gasteiger partial charge >= 0.3 is 12.5 Å². The van der Waals surface area contributed by atoms with Crippen molar-refractivity contribution in [1.29, 1.82) is 0 Å². The number of alkyl halides is 5. The molecule has 0 amide bonds. The molecule has 2 aromatic rings. The van der Waals surface area contributed by atoms with Gasteiger partial charge in [0, 0.05) is 6.07 Å². The molecule has 2 saturated carbocycles. The van der Waals surface area contributed by atoms with Crippen LogP contribution < -0.4 is 9.47 Å². The highest BCUT2D eigenvalue weighted by Crippen LogP contribution is 2.45. The van der Waals surface area contributed by atoms with Crippen molar-refractivity contribution in [2.45, 2.75) is 102 Å². The van der Waals surface area contributed by atoms with Gasteiger partial charge in [-0.2, -0.15) is 8.78 Å². The van der Waals surface area contributed by atoms with E-state index >= 15 is 0 Å². The number of rotatable bonds is 10. The molecule has 0 bridgehead atoms. The van der Waals surface area contributed by atoms with E-state index in [-0.39, 0.29) is 12.0 Å². The van der Waals surface area contributed by atoms with Crippen LogP contribution in [0.15, 0.2) is 30.3 Å². The predicted octanol–water partition coefficient (Wildman–Crippen LogP) is 10.8. The molecule has 0 unspecified atom stereocenters. The molecule has 0 radical (unpaired) electrons. The number of unbranched alkanes of at least 4 members (excludes halogenated alkanes) is 2. The van der Waals surface area contributed by atoms with Gasteiger partial charge in [0.25, 0.3) is 0 Å². The van der Waals surface area contributed by atoms with Crippen LogP contribution in [0.2, 0.25) is 0 Å². The lowest BCUT2D eigenvalue weighted by atomic mass is 9.68. The Hall–Kier alpha value is -2.52. The van der Waals surface area contributed by atoms with Gasteiger partial charge in [0.05, 0.1) is 0 Å². The van der Waals surface area contributed by atoms with Crippen LogP contribution in [0.3, 0.4) is 0 Å². The van der Waals surface area contributed by atoms with Crippen LogP contribution in [-0.2, 0) is 6.11 Å². The van der Waals surface area contributed by atoms with Crippen molar-refractivity contribution in [3.05, 3.63) is 58.9 Å². The molecular formula is C31H36F8O2. The van der Waals surface area contributed by atoms with E-state index in [1.165, 1.54) is 51.4 Å². The molecule has 41 heavy (non-hydrogen) atoms. The van der Waals surface area contributed by atoms with Crippen LogP contribution in [0.5, 0.6) is 11.5 Å². The topological polar surface area (TPSA) is 18.5 Å². The number of hydrogen-bond donors (Lipinski definition) is 0. The molecule has 0 saturated heterocycles. The van der Waals surface area contributed by atoms with E-state index in [4.69, 9.17) is 0 Å². The third-order valence-electron chi connectivity index (χ3n) is 8.75. The van der Waals surface area contributed by atoms with E-state index in [0.29, 0.717) is 29.5 Å². The van der Waals surface area contributed by atoms with E-state index in [0.717, 1.165) is 43.7 Å². The van der Waals surface area contributed by atoms with Gasteiger partial charge in [-0.15, -0.1) is 13.2 Å². The Kier molecular flexibility index (Phi) is 10.1. The lowest BCUT2D eigenvalue weighted by Gasteiger charge is -2.38. The lowest BCUT2D eigenvalue weighted by Crippen LogP contribution is -2.27. The van der Waals surface area contributed by atoms with Crippen LogP contribution in [0.25, 0.3) is 0 Å². The minimum Gasteiger partial charge on any atom is -0.429 e. The second-order valence-corrected chi connectivity index (χ2v) is 11.5. The van der Waals surface area contributed by atoms with E-state index in [1.807, 2.05) is 0 Å². The standard InChI is InChI=1S/C31H36F8O2/c1-2-3-4-5-19-6-8-20(9-7-19)21-10-12-22(13-11-21)23-16-26(33)29(27(34)17-23)30(35,36)40-24-14-15-28(25(32)18-24)41-31(37,38)39/h14-22H,2-13H2,1H3. The van der Waals surface area contributed by atoms with Crippen LogP contribution in [-0.4, -0.2) is 6.36 Å². The highest BCUT2D eigenvalue weighted by Gasteiger charge is 2.42. The first-order chi connectivity index (χ1) is 19.4. The molecule has 228 valence electrons. The van der Waals surface area contributed by atoms with Crippen LogP contribution >= 0.6 is 0 Å². The largest absolute Gasteiger partial charge is 0.573 e. The Labute approximate surface area is 235 Å². The normalized spacial score (nSPS) is 23.8. The Morgan fingerprint density at radius 1 is 0.707 bits per heavy atom. The molecule has 0 N–H and O–H groups in total. The Morgan fingerprint density at radius 2 is 1.29 bits per heavy atom. The summed E-state index contributed by atoms with van der Waals surface area (Å²) >= 11 is 0. The van der Waals surface area contributed by atoms with E-state index in [2.05, 4.69) is 16.4 Å². The van der Waals surface area contributed by atoms with Gasteiger partial charge in [0.1, 0.15) is 22.9 Å². The van der Waals surface area contributed by atoms with Gasteiger partial charge in [-0.25, -0.2) is 13.2 Å². The predicted molar refractivity (Wildman–Crippen MR) is 138 cm³/mol. The molecule has 2 nitrogen and oxygen atoms in total. The lowest BCUT2D eigenvalue weighted by molar-refractivity contribution is -0.275. The van der Waals surface area contributed by atoms with Crippen molar-refractivity contribution in [2.75, 3.05) is 0 Å². The average molecular weight is 593 g/mol. The second kappa shape index (κ2) is 13.2. The van der Waals surface area contributed by atoms with E-state index < -0.39 is 47.0 Å². The fourth-order valence-electron chi connectivity index (χ4n) is 6.61. The van der Waals surface area contributed by atoms with Gasteiger partial charge in [-0.3, -0.25) is 0 Å². The Bertz CT molecular complexity index is 1130.